The monoisotopic (exact) mass is 285 g/mol. The number of carboxylic acid groups (broad SMARTS) is 1. The van der Waals surface area contributed by atoms with Crippen molar-refractivity contribution in [2.75, 3.05) is 0 Å². The minimum Gasteiger partial charge on any atom is -0.480 e. The summed E-state index contributed by atoms with van der Waals surface area (Å²) < 4.78 is 0.992. The van der Waals surface area contributed by atoms with E-state index in [4.69, 9.17) is 5.11 Å². The summed E-state index contributed by atoms with van der Waals surface area (Å²) in [7, 11) is 0. The molecule has 0 bridgehead atoms. The first kappa shape index (κ1) is 13.2. The van der Waals surface area contributed by atoms with Crippen molar-refractivity contribution in [1.29, 1.82) is 0 Å². The van der Waals surface area contributed by atoms with Crippen LogP contribution in [0.25, 0.3) is 0 Å². The lowest BCUT2D eigenvalue weighted by Gasteiger charge is -2.25. The molecular weight excluding hydrogens is 270 g/mol. The van der Waals surface area contributed by atoms with Gasteiger partial charge in [-0.15, -0.1) is 0 Å². The van der Waals surface area contributed by atoms with Crippen LogP contribution in [0.5, 0.6) is 0 Å². The second-order valence-electron chi connectivity index (χ2n) is 3.94. The van der Waals surface area contributed by atoms with Crippen molar-refractivity contribution < 1.29 is 9.90 Å². The second-order valence-corrected chi connectivity index (χ2v) is 4.79. The van der Waals surface area contributed by atoms with Gasteiger partial charge in [0, 0.05) is 11.0 Å². The number of hydrogen-bond donors (Lipinski definition) is 2. The largest absolute Gasteiger partial charge is 0.480 e. The molecule has 0 saturated carbocycles. The molecule has 1 aromatic rings. The number of rotatable bonds is 5. The molecule has 0 heterocycles. The number of carbonyl (C=O) groups is 1. The van der Waals surface area contributed by atoms with Crippen molar-refractivity contribution in [3.8, 4) is 0 Å². The average Bonchev–Trinajstić information content (AvgIpc) is 2.27. The van der Waals surface area contributed by atoms with Crippen molar-refractivity contribution in [3.05, 3.63) is 34.3 Å². The quantitative estimate of drug-likeness (QED) is 0.875. The van der Waals surface area contributed by atoms with E-state index in [1.54, 1.807) is 6.92 Å². The van der Waals surface area contributed by atoms with E-state index in [1.165, 1.54) is 0 Å². The standard InChI is InChI=1S/C12H16BrNO2/c1-3-12(2,11(15)16)14-8-9-6-4-5-7-10(9)13/h4-7,14H,3,8H2,1-2H3,(H,15,16). The predicted molar refractivity (Wildman–Crippen MR) is 67.3 cm³/mol. The fourth-order valence-corrected chi connectivity index (χ4v) is 1.71. The molecule has 0 aliphatic heterocycles. The Morgan fingerprint density at radius 3 is 2.62 bits per heavy atom. The molecule has 0 aliphatic carbocycles. The minimum absolute atomic E-state index is 0.540. The Labute approximate surface area is 104 Å². The summed E-state index contributed by atoms with van der Waals surface area (Å²) in [5.41, 5.74) is 0.193. The first-order valence-electron chi connectivity index (χ1n) is 5.21. The molecule has 0 fully saturated rings. The van der Waals surface area contributed by atoms with E-state index in [0.717, 1.165) is 10.0 Å². The lowest BCUT2D eigenvalue weighted by Crippen LogP contribution is -2.48. The van der Waals surface area contributed by atoms with Gasteiger partial charge in [-0.3, -0.25) is 10.1 Å². The molecule has 4 heteroatoms. The zero-order valence-electron chi connectivity index (χ0n) is 9.46. The first-order chi connectivity index (χ1) is 7.49. The average molecular weight is 286 g/mol. The lowest BCUT2D eigenvalue weighted by molar-refractivity contribution is -0.144. The third-order valence-corrected chi connectivity index (χ3v) is 3.58. The SMILES string of the molecule is CCC(C)(NCc1ccccc1Br)C(=O)O. The molecule has 0 radical (unpaired) electrons. The van der Waals surface area contributed by atoms with Gasteiger partial charge in [0.1, 0.15) is 5.54 Å². The summed E-state index contributed by atoms with van der Waals surface area (Å²) in [6.07, 6.45) is 0.548. The molecule has 0 aliphatic rings. The maximum atomic E-state index is 11.1. The fraction of sp³-hybridized carbons (Fsp3) is 0.417. The van der Waals surface area contributed by atoms with Gasteiger partial charge in [-0.1, -0.05) is 41.1 Å². The van der Waals surface area contributed by atoms with E-state index < -0.39 is 11.5 Å². The number of carboxylic acids is 1. The highest BCUT2D eigenvalue weighted by molar-refractivity contribution is 9.10. The van der Waals surface area contributed by atoms with Crippen LogP contribution in [0, 0.1) is 0 Å². The van der Waals surface area contributed by atoms with Gasteiger partial charge in [-0.25, -0.2) is 0 Å². The minimum atomic E-state index is -0.866. The van der Waals surface area contributed by atoms with Crippen LogP contribution in [-0.4, -0.2) is 16.6 Å². The number of nitrogens with one attached hydrogen (secondary N) is 1. The van der Waals surface area contributed by atoms with Gasteiger partial charge >= 0.3 is 5.97 Å². The predicted octanol–water partition coefficient (Wildman–Crippen LogP) is 2.79. The highest BCUT2D eigenvalue weighted by atomic mass is 79.9. The highest BCUT2D eigenvalue weighted by Crippen LogP contribution is 2.17. The summed E-state index contributed by atoms with van der Waals surface area (Å²) in [5, 5.41) is 12.2. The van der Waals surface area contributed by atoms with Gasteiger partial charge in [0.25, 0.3) is 0 Å². The molecule has 16 heavy (non-hydrogen) atoms. The van der Waals surface area contributed by atoms with Crippen LogP contribution in [0.2, 0.25) is 0 Å². The normalized spacial score (nSPS) is 14.4. The van der Waals surface area contributed by atoms with Gasteiger partial charge in [-0.05, 0) is 25.0 Å². The zero-order chi connectivity index (χ0) is 12.2. The molecule has 88 valence electrons. The van der Waals surface area contributed by atoms with Crippen LogP contribution < -0.4 is 5.32 Å². The molecule has 1 aromatic carbocycles. The van der Waals surface area contributed by atoms with E-state index in [-0.39, 0.29) is 0 Å². The van der Waals surface area contributed by atoms with E-state index in [9.17, 15) is 4.79 Å². The van der Waals surface area contributed by atoms with Gasteiger partial charge in [0.05, 0.1) is 0 Å². The van der Waals surface area contributed by atoms with Crippen LogP contribution in [0.4, 0.5) is 0 Å². The van der Waals surface area contributed by atoms with Crippen LogP contribution in [0.15, 0.2) is 28.7 Å². The van der Waals surface area contributed by atoms with Crippen LogP contribution in [-0.2, 0) is 11.3 Å². The topological polar surface area (TPSA) is 49.3 Å². The highest BCUT2D eigenvalue weighted by Gasteiger charge is 2.30. The summed E-state index contributed by atoms with van der Waals surface area (Å²) in [6.45, 7) is 4.10. The Hall–Kier alpha value is -0.870. The fourth-order valence-electron chi connectivity index (χ4n) is 1.28. The molecule has 2 N–H and O–H groups in total. The van der Waals surface area contributed by atoms with Gasteiger partial charge in [0.15, 0.2) is 0 Å². The molecule has 1 rings (SSSR count). The third kappa shape index (κ3) is 3.06. The number of halogens is 1. The number of aliphatic carboxylic acids is 1. The molecule has 0 spiro atoms. The zero-order valence-corrected chi connectivity index (χ0v) is 11.0. The van der Waals surface area contributed by atoms with E-state index in [0.29, 0.717) is 13.0 Å². The Bertz CT molecular complexity index is 381. The molecule has 0 amide bonds. The number of benzene rings is 1. The van der Waals surface area contributed by atoms with Crippen molar-refractivity contribution in [3.63, 3.8) is 0 Å². The van der Waals surface area contributed by atoms with Crippen molar-refractivity contribution in [1.82, 2.24) is 5.32 Å². The summed E-state index contributed by atoms with van der Waals surface area (Å²) in [4.78, 5) is 11.1. The smallest absolute Gasteiger partial charge is 0.323 e. The van der Waals surface area contributed by atoms with Gasteiger partial charge < -0.3 is 5.11 Å². The summed E-state index contributed by atoms with van der Waals surface area (Å²) in [6, 6.07) is 7.78. The van der Waals surface area contributed by atoms with Crippen molar-refractivity contribution in [2.45, 2.75) is 32.4 Å². The summed E-state index contributed by atoms with van der Waals surface area (Å²) >= 11 is 3.44. The molecule has 3 nitrogen and oxygen atoms in total. The van der Waals surface area contributed by atoms with E-state index >= 15 is 0 Å². The summed E-state index contributed by atoms with van der Waals surface area (Å²) in [5.74, 6) is -0.818. The lowest BCUT2D eigenvalue weighted by atomic mass is 9.99. The van der Waals surface area contributed by atoms with Crippen molar-refractivity contribution >= 4 is 21.9 Å². The van der Waals surface area contributed by atoms with Gasteiger partial charge in [0.2, 0.25) is 0 Å². The van der Waals surface area contributed by atoms with E-state index in [1.807, 2.05) is 31.2 Å². The Morgan fingerprint density at radius 2 is 2.12 bits per heavy atom. The Morgan fingerprint density at radius 1 is 1.50 bits per heavy atom. The maximum absolute atomic E-state index is 11.1. The molecular formula is C12H16BrNO2. The van der Waals surface area contributed by atoms with E-state index in [2.05, 4.69) is 21.2 Å². The molecule has 1 atom stereocenters. The first-order valence-corrected chi connectivity index (χ1v) is 6.00. The molecule has 0 aromatic heterocycles. The van der Waals surface area contributed by atoms with Crippen LogP contribution in [0.1, 0.15) is 25.8 Å². The Kier molecular flexibility index (Phi) is 4.50. The van der Waals surface area contributed by atoms with Crippen LogP contribution in [0.3, 0.4) is 0 Å². The molecule has 0 saturated heterocycles. The maximum Gasteiger partial charge on any atom is 0.323 e. The van der Waals surface area contributed by atoms with Gasteiger partial charge in [-0.2, -0.15) is 0 Å². The third-order valence-electron chi connectivity index (χ3n) is 2.81. The second kappa shape index (κ2) is 5.46. The van der Waals surface area contributed by atoms with Crippen LogP contribution >= 0.6 is 15.9 Å². The Balaban J connectivity index is 2.71. The molecule has 1 unspecified atom stereocenters. The van der Waals surface area contributed by atoms with Crippen molar-refractivity contribution in [2.24, 2.45) is 0 Å². The number of hydrogen-bond acceptors (Lipinski definition) is 2.